The summed E-state index contributed by atoms with van der Waals surface area (Å²) in [5, 5.41) is 1.60. The largest absolute Gasteiger partial charge is 0.497 e. The van der Waals surface area contributed by atoms with Crippen molar-refractivity contribution in [3.05, 3.63) is 83.9 Å². The molecule has 0 fully saturated rings. The van der Waals surface area contributed by atoms with E-state index in [0.29, 0.717) is 16.5 Å². The van der Waals surface area contributed by atoms with E-state index in [0.717, 1.165) is 27.9 Å². The van der Waals surface area contributed by atoms with Crippen molar-refractivity contribution in [3.8, 4) is 28.5 Å². The Morgan fingerprint density at radius 3 is 2.27 bits per heavy atom. The first-order valence-electron chi connectivity index (χ1n) is 8.20. The number of hydrogen-bond donors (Lipinski definition) is 0. The van der Waals surface area contributed by atoms with E-state index in [1.54, 1.807) is 7.11 Å². The van der Waals surface area contributed by atoms with E-state index >= 15 is 0 Å². The highest BCUT2D eigenvalue weighted by Gasteiger charge is 2.12. The van der Waals surface area contributed by atoms with E-state index in [1.807, 2.05) is 78.9 Å². The van der Waals surface area contributed by atoms with Crippen LogP contribution in [0.4, 0.5) is 0 Å². The summed E-state index contributed by atoms with van der Waals surface area (Å²) < 4.78 is 11.4. The van der Waals surface area contributed by atoms with Gasteiger partial charge in [-0.05, 0) is 48.5 Å². The molecule has 0 radical (unpaired) electrons. The molecule has 0 bridgehead atoms. The molecule has 0 spiro atoms. The lowest BCUT2D eigenvalue weighted by molar-refractivity contribution is 0.413. The van der Waals surface area contributed by atoms with Crippen LogP contribution in [0, 0.1) is 0 Å². The summed E-state index contributed by atoms with van der Waals surface area (Å²) in [4.78, 5) is 4.81. The zero-order chi connectivity index (χ0) is 17.9. The lowest BCUT2D eigenvalue weighted by Gasteiger charge is -2.13. The zero-order valence-corrected chi connectivity index (χ0v) is 14.9. The van der Waals surface area contributed by atoms with E-state index in [4.69, 9.17) is 26.1 Å². The predicted molar refractivity (Wildman–Crippen MR) is 105 cm³/mol. The highest BCUT2D eigenvalue weighted by molar-refractivity contribution is 6.31. The maximum absolute atomic E-state index is 6.15. The second-order valence-corrected chi connectivity index (χ2v) is 6.25. The molecule has 0 aliphatic heterocycles. The average Bonchev–Trinajstić information content (AvgIpc) is 2.68. The van der Waals surface area contributed by atoms with Crippen LogP contribution >= 0.6 is 11.6 Å². The molecule has 0 amide bonds. The summed E-state index contributed by atoms with van der Waals surface area (Å²) >= 11 is 6.14. The van der Waals surface area contributed by atoms with Gasteiger partial charge >= 0.3 is 0 Å². The molecule has 0 aliphatic rings. The maximum Gasteiger partial charge on any atom is 0.154 e. The third kappa shape index (κ3) is 3.35. The van der Waals surface area contributed by atoms with E-state index in [1.165, 1.54) is 0 Å². The van der Waals surface area contributed by atoms with Crippen LogP contribution < -0.4 is 9.47 Å². The fraction of sp³-hybridized carbons (Fsp3) is 0.0455. The Balaban J connectivity index is 1.84. The standard InChI is InChI=1S/C22H16ClNO2/c1-25-18-8-10-19(11-9-18)26-21-14-16-13-17(23)7-12-20(16)24-22(21)15-5-3-2-4-6-15/h2-14H,1H3. The van der Waals surface area contributed by atoms with Crippen molar-refractivity contribution in [3.63, 3.8) is 0 Å². The number of methoxy groups -OCH3 is 1. The Morgan fingerprint density at radius 2 is 1.54 bits per heavy atom. The fourth-order valence-electron chi connectivity index (χ4n) is 2.78. The van der Waals surface area contributed by atoms with Crippen LogP contribution in [0.25, 0.3) is 22.2 Å². The first kappa shape index (κ1) is 16.4. The second-order valence-electron chi connectivity index (χ2n) is 5.82. The lowest BCUT2D eigenvalue weighted by atomic mass is 10.1. The summed E-state index contributed by atoms with van der Waals surface area (Å²) in [5.74, 6) is 2.17. The highest BCUT2D eigenvalue weighted by atomic mass is 35.5. The third-order valence-corrected chi connectivity index (χ3v) is 4.31. The molecule has 0 aliphatic carbocycles. The second kappa shape index (κ2) is 7.06. The van der Waals surface area contributed by atoms with Gasteiger partial charge in [-0.25, -0.2) is 4.98 Å². The van der Waals surface area contributed by atoms with Crippen molar-refractivity contribution in [2.24, 2.45) is 0 Å². The zero-order valence-electron chi connectivity index (χ0n) is 14.1. The molecule has 0 atom stereocenters. The van der Waals surface area contributed by atoms with Gasteiger partial charge in [0.25, 0.3) is 0 Å². The molecular formula is C22H16ClNO2. The van der Waals surface area contributed by atoms with Gasteiger partial charge in [-0.3, -0.25) is 0 Å². The molecule has 0 saturated carbocycles. The van der Waals surface area contributed by atoms with Crippen LogP contribution in [-0.2, 0) is 0 Å². The van der Waals surface area contributed by atoms with Gasteiger partial charge in [-0.1, -0.05) is 41.9 Å². The molecule has 0 N–H and O–H groups in total. The Kier molecular flexibility index (Phi) is 4.46. The smallest absolute Gasteiger partial charge is 0.154 e. The van der Waals surface area contributed by atoms with Gasteiger partial charge in [-0.15, -0.1) is 0 Å². The molecule has 4 heteroatoms. The number of nitrogens with zero attached hydrogens (tertiary/aromatic N) is 1. The summed E-state index contributed by atoms with van der Waals surface area (Å²) in [7, 11) is 1.64. The summed E-state index contributed by atoms with van der Waals surface area (Å²) in [6.45, 7) is 0. The number of benzene rings is 3. The van der Waals surface area contributed by atoms with Crippen molar-refractivity contribution in [1.29, 1.82) is 0 Å². The minimum atomic E-state index is 0.669. The minimum absolute atomic E-state index is 0.669. The van der Waals surface area contributed by atoms with Crippen molar-refractivity contribution < 1.29 is 9.47 Å². The van der Waals surface area contributed by atoms with Crippen LogP contribution in [0.15, 0.2) is 78.9 Å². The van der Waals surface area contributed by atoms with E-state index in [2.05, 4.69) is 0 Å². The van der Waals surface area contributed by atoms with E-state index < -0.39 is 0 Å². The molecule has 1 aromatic heterocycles. The van der Waals surface area contributed by atoms with Crippen LogP contribution in [0.2, 0.25) is 5.02 Å². The SMILES string of the molecule is COc1ccc(Oc2cc3cc(Cl)ccc3nc2-c2ccccc2)cc1. The molecule has 3 aromatic carbocycles. The Labute approximate surface area is 156 Å². The van der Waals surface area contributed by atoms with E-state index in [9.17, 15) is 0 Å². The van der Waals surface area contributed by atoms with Gasteiger partial charge in [0, 0.05) is 16.0 Å². The van der Waals surface area contributed by atoms with Gasteiger partial charge in [0.1, 0.15) is 17.2 Å². The minimum Gasteiger partial charge on any atom is -0.497 e. The number of pyridine rings is 1. The van der Waals surface area contributed by atoms with Crippen LogP contribution in [0.5, 0.6) is 17.2 Å². The number of fused-ring (bicyclic) bond motifs is 1. The maximum atomic E-state index is 6.15. The fourth-order valence-corrected chi connectivity index (χ4v) is 2.96. The summed E-state index contributed by atoms with van der Waals surface area (Å²) in [6, 6.07) is 25.1. The number of aromatic nitrogens is 1. The number of ether oxygens (including phenoxy) is 2. The van der Waals surface area contributed by atoms with E-state index in [-0.39, 0.29) is 0 Å². The number of hydrogen-bond acceptors (Lipinski definition) is 3. The molecule has 128 valence electrons. The first-order valence-corrected chi connectivity index (χ1v) is 8.58. The monoisotopic (exact) mass is 361 g/mol. The molecule has 0 unspecified atom stereocenters. The quantitative estimate of drug-likeness (QED) is 0.424. The summed E-state index contributed by atoms with van der Waals surface area (Å²) in [5.41, 5.74) is 2.65. The molecule has 1 heterocycles. The van der Waals surface area contributed by atoms with Gasteiger partial charge in [-0.2, -0.15) is 0 Å². The van der Waals surface area contributed by atoms with Gasteiger partial charge in [0.05, 0.1) is 12.6 Å². The van der Waals surface area contributed by atoms with Gasteiger partial charge in [0.15, 0.2) is 5.75 Å². The first-order chi connectivity index (χ1) is 12.7. The van der Waals surface area contributed by atoms with Gasteiger partial charge < -0.3 is 9.47 Å². The lowest BCUT2D eigenvalue weighted by Crippen LogP contribution is -1.93. The van der Waals surface area contributed by atoms with Crippen LogP contribution in [0.3, 0.4) is 0 Å². The number of rotatable bonds is 4. The molecule has 3 nitrogen and oxygen atoms in total. The highest BCUT2D eigenvalue weighted by Crippen LogP contribution is 2.35. The Morgan fingerprint density at radius 1 is 0.808 bits per heavy atom. The Hall–Kier alpha value is -3.04. The average molecular weight is 362 g/mol. The van der Waals surface area contributed by atoms with Gasteiger partial charge in [0.2, 0.25) is 0 Å². The predicted octanol–water partition coefficient (Wildman–Crippen LogP) is 6.36. The van der Waals surface area contributed by atoms with Crippen molar-refractivity contribution in [2.45, 2.75) is 0 Å². The normalized spacial score (nSPS) is 10.7. The molecule has 26 heavy (non-hydrogen) atoms. The number of halogens is 1. The summed E-state index contributed by atoms with van der Waals surface area (Å²) in [6.07, 6.45) is 0. The molecule has 4 rings (SSSR count). The van der Waals surface area contributed by atoms with Crippen molar-refractivity contribution in [1.82, 2.24) is 4.98 Å². The topological polar surface area (TPSA) is 31.4 Å². The Bertz CT molecular complexity index is 1050. The third-order valence-electron chi connectivity index (χ3n) is 4.08. The molecule has 4 aromatic rings. The van der Waals surface area contributed by atoms with Crippen molar-refractivity contribution in [2.75, 3.05) is 7.11 Å². The molecule has 0 saturated heterocycles. The van der Waals surface area contributed by atoms with Crippen LogP contribution in [0.1, 0.15) is 0 Å². The van der Waals surface area contributed by atoms with Crippen LogP contribution in [-0.4, -0.2) is 12.1 Å². The molecular weight excluding hydrogens is 346 g/mol. The van der Waals surface area contributed by atoms with Crippen molar-refractivity contribution >= 4 is 22.5 Å².